The van der Waals surface area contributed by atoms with Crippen LogP contribution in [-0.2, 0) is 24.3 Å². The maximum Gasteiger partial charge on any atom is 0.225 e. The zero-order chi connectivity index (χ0) is 25.2. The lowest BCUT2D eigenvalue weighted by molar-refractivity contribution is -0.122. The van der Waals surface area contributed by atoms with E-state index in [2.05, 4.69) is 56.6 Å². The highest BCUT2D eigenvalue weighted by molar-refractivity contribution is 5.83. The van der Waals surface area contributed by atoms with Gasteiger partial charge in [-0.2, -0.15) is 0 Å². The minimum atomic E-state index is 0.0588. The van der Waals surface area contributed by atoms with Crippen LogP contribution >= 0.6 is 0 Å². The first-order valence-corrected chi connectivity index (χ1v) is 12.8. The summed E-state index contributed by atoms with van der Waals surface area (Å²) in [5, 5.41) is 3.23. The van der Waals surface area contributed by atoms with Crippen molar-refractivity contribution >= 4 is 11.9 Å². The Morgan fingerprint density at radius 3 is 2.65 bits per heavy atom. The molecule has 2 atom stereocenters. The largest absolute Gasteiger partial charge is 0.497 e. The SMILES string of the molecule is COc1cccc(-c2ccc(CNC(=O)[C@@H]3C[C@@H]3c3ccccc3)c3c2CCN(c2ncccn2)C3)c1. The Hall–Kier alpha value is -4.19. The number of amides is 1. The lowest BCUT2D eigenvalue weighted by Crippen LogP contribution is -2.34. The quantitative estimate of drug-likeness (QED) is 0.389. The maximum atomic E-state index is 13.0. The molecule has 1 N–H and O–H groups in total. The average Bonchev–Trinajstić information content (AvgIpc) is 3.78. The number of ether oxygens (including phenoxy) is 1. The minimum Gasteiger partial charge on any atom is -0.497 e. The molecule has 1 aromatic heterocycles. The molecule has 186 valence electrons. The van der Waals surface area contributed by atoms with Crippen LogP contribution in [0.4, 0.5) is 5.95 Å². The van der Waals surface area contributed by atoms with Crippen molar-refractivity contribution in [1.29, 1.82) is 0 Å². The monoisotopic (exact) mass is 490 g/mol. The van der Waals surface area contributed by atoms with Gasteiger partial charge in [0.2, 0.25) is 11.9 Å². The summed E-state index contributed by atoms with van der Waals surface area (Å²) < 4.78 is 5.48. The molecular weight excluding hydrogens is 460 g/mol. The Morgan fingerprint density at radius 1 is 1.00 bits per heavy atom. The highest BCUT2D eigenvalue weighted by Crippen LogP contribution is 2.47. The second kappa shape index (κ2) is 10.1. The van der Waals surface area contributed by atoms with Crippen LogP contribution in [0.1, 0.15) is 34.6 Å². The van der Waals surface area contributed by atoms with Crippen molar-refractivity contribution in [2.24, 2.45) is 5.92 Å². The van der Waals surface area contributed by atoms with E-state index in [9.17, 15) is 4.79 Å². The van der Waals surface area contributed by atoms with E-state index >= 15 is 0 Å². The average molecular weight is 491 g/mol. The topological polar surface area (TPSA) is 67.3 Å². The number of carbonyl (C=O) groups excluding carboxylic acids is 1. The Balaban J connectivity index is 1.27. The summed E-state index contributed by atoms with van der Waals surface area (Å²) in [6.45, 7) is 2.06. The van der Waals surface area contributed by atoms with E-state index < -0.39 is 0 Å². The predicted molar refractivity (Wildman–Crippen MR) is 144 cm³/mol. The Bertz CT molecular complexity index is 1410. The lowest BCUT2D eigenvalue weighted by Gasteiger charge is -2.32. The van der Waals surface area contributed by atoms with E-state index in [1.165, 1.54) is 22.3 Å². The first kappa shape index (κ1) is 23.2. The molecule has 2 aliphatic rings. The number of hydrogen-bond donors (Lipinski definition) is 1. The number of carbonyl (C=O) groups is 1. The molecule has 6 heteroatoms. The fourth-order valence-electron chi connectivity index (χ4n) is 5.46. The first-order valence-electron chi connectivity index (χ1n) is 12.8. The van der Waals surface area contributed by atoms with Gasteiger partial charge in [-0.1, -0.05) is 54.6 Å². The van der Waals surface area contributed by atoms with Crippen molar-refractivity contribution in [3.8, 4) is 16.9 Å². The molecule has 6 nitrogen and oxygen atoms in total. The van der Waals surface area contributed by atoms with Crippen LogP contribution in [0.5, 0.6) is 5.75 Å². The Labute approximate surface area is 217 Å². The van der Waals surface area contributed by atoms with Crippen LogP contribution in [0.25, 0.3) is 11.1 Å². The van der Waals surface area contributed by atoms with Crippen LogP contribution in [0.3, 0.4) is 0 Å². The molecule has 0 saturated heterocycles. The third-order valence-corrected chi connectivity index (χ3v) is 7.53. The molecule has 1 aliphatic carbocycles. The summed E-state index contributed by atoms with van der Waals surface area (Å²) in [6, 6.07) is 24.7. The van der Waals surface area contributed by atoms with Gasteiger partial charge in [0.1, 0.15) is 5.75 Å². The molecule has 1 amide bonds. The molecule has 37 heavy (non-hydrogen) atoms. The second-order valence-corrected chi connectivity index (χ2v) is 9.76. The summed E-state index contributed by atoms with van der Waals surface area (Å²) in [6.07, 6.45) is 5.36. The number of anilines is 1. The highest BCUT2D eigenvalue weighted by Gasteiger charge is 2.43. The zero-order valence-corrected chi connectivity index (χ0v) is 20.9. The summed E-state index contributed by atoms with van der Waals surface area (Å²) in [5.74, 6) is 2.10. The van der Waals surface area contributed by atoms with Crippen molar-refractivity contribution < 1.29 is 9.53 Å². The van der Waals surface area contributed by atoms with E-state index in [1.807, 2.05) is 36.4 Å². The van der Waals surface area contributed by atoms with Crippen LogP contribution < -0.4 is 15.0 Å². The molecule has 1 aliphatic heterocycles. The molecule has 2 heterocycles. The molecule has 1 fully saturated rings. The smallest absolute Gasteiger partial charge is 0.225 e. The lowest BCUT2D eigenvalue weighted by atomic mass is 9.87. The van der Waals surface area contributed by atoms with E-state index in [0.29, 0.717) is 19.0 Å². The van der Waals surface area contributed by atoms with E-state index in [-0.39, 0.29) is 11.8 Å². The standard InChI is InChI=1S/C31H30N4O2/c1-37-24-10-5-9-22(17-24)25-12-11-23(19-34-30(36)28-18-27(28)21-7-3-2-4-8-21)29-20-35(16-13-26(25)29)31-32-14-6-15-33-31/h2-12,14-15,17,27-28H,13,16,18-20H2,1H3,(H,34,36)/t27-,28-/m1/s1. The van der Waals surface area contributed by atoms with Crippen molar-refractivity contribution in [3.05, 3.63) is 107 Å². The zero-order valence-electron chi connectivity index (χ0n) is 20.9. The molecular formula is C31H30N4O2. The Morgan fingerprint density at radius 2 is 1.84 bits per heavy atom. The van der Waals surface area contributed by atoms with Crippen molar-refractivity contribution in [3.63, 3.8) is 0 Å². The number of nitrogens with zero attached hydrogens (tertiary/aromatic N) is 3. The van der Waals surface area contributed by atoms with Gasteiger partial charge in [0.25, 0.3) is 0 Å². The molecule has 0 unspecified atom stereocenters. The summed E-state index contributed by atoms with van der Waals surface area (Å²) in [7, 11) is 1.69. The highest BCUT2D eigenvalue weighted by atomic mass is 16.5. The van der Waals surface area contributed by atoms with Gasteiger partial charge >= 0.3 is 0 Å². The van der Waals surface area contributed by atoms with Crippen LogP contribution in [-0.4, -0.2) is 29.5 Å². The molecule has 3 aromatic carbocycles. The van der Waals surface area contributed by atoms with Crippen LogP contribution in [0.15, 0.2) is 85.2 Å². The molecule has 4 aromatic rings. The fraction of sp³-hybridized carbons (Fsp3) is 0.258. The molecule has 1 saturated carbocycles. The molecule has 0 radical (unpaired) electrons. The number of nitrogens with one attached hydrogen (secondary N) is 1. The van der Waals surface area contributed by atoms with Crippen molar-refractivity contribution in [2.75, 3.05) is 18.6 Å². The number of methoxy groups -OCH3 is 1. The maximum absolute atomic E-state index is 13.0. The summed E-state index contributed by atoms with van der Waals surface area (Å²) in [5.41, 5.74) is 7.31. The number of benzene rings is 3. The summed E-state index contributed by atoms with van der Waals surface area (Å²) >= 11 is 0. The van der Waals surface area contributed by atoms with E-state index in [4.69, 9.17) is 4.74 Å². The van der Waals surface area contributed by atoms with Gasteiger partial charge in [-0.05, 0) is 70.3 Å². The van der Waals surface area contributed by atoms with Crippen molar-refractivity contribution in [2.45, 2.75) is 31.8 Å². The van der Waals surface area contributed by atoms with Crippen LogP contribution in [0.2, 0.25) is 0 Å². The third kappa shape index (κ3) is 4.79. The first-order chi connectivity index (χ1) is 18.2. The molecule has 0 bridgehead atoms. The predicted octanol–water partition coefficient (Wildman–Crippen LogP) is 5.13. The number of hydrogen-bond acceptors (Lipinski definition) is 5. The number of fused-ring (bicyclic) bond motifs is 1. The van der Waals surface area contributed by atoms with Gasteiger partial charge in [-0.25, -0.2) is 9.97 Å². The van der Waals surface area contributed by atoms with Gasteiger partial charge in [0, 0.05) is 37.9 Å². The van der Waals surface area contributed by atoms with E-state index in [0.717, 1.165) is 42.2 Å². The van der Waals surface area contributed by atoms with Gasteiger partial charge in [-0.3, -0.25) is 4.79 Å². The third-order valence-electron chi connectivity index (χ3n) is 7.53. The van der Waals surface area contributed by atoms with Gasteiger partial charge in [0.15, 0.2) is 0 Å². The molecule has 6 rings (SSSR count). The number of aromatic nitrogens is 2. The Kier molecular flexibility index (Phi) is 6.31. The minimum absolute atomic E-state index is 0.0588. The van der Waals surface area contributed by atoms with Crippen molar-refractivity contribution in [1.82, 2.24) is 15.3 Å². The fourth-order valence-corrected chi connectivity index (χ4v) is 5.46. The second-order valence-electron chi connectivity index (χ2n) is 9.76. The van der Waals surface area contributed by atoms with Gasteiger partial charge in [0.05, 0.1) is 7.11 Å². The van der Waals surface area contributed by atoms with Crippen LogP contribution in [0, 0.1) is 5.92 Å². The number of rotatable bonds is 7. The normalized spacial score (nSPS) is 18.1. The van der Waals surface area contributed by atoms with Gasteiger partial charge < -0.3 is 15.0 Å². The van der Waals surface area contributed by atoms with E-state index in [1.54, 1.807) is 19.5 Å². The summed E-state index contributed by atoms with van der Waals surface area (Å²) in [4.78, 5) is 24.2. The molecule has 0 spiro atoms. The van der Waals surface area contributed by atoms with Gasteiger partial charge in [-0.15, -0.1) is 0 Å².